The Balaban J connectivity index is 2.83. The van der Waals surface area contributed by atoms with Crippen LogP contribution in [0.2, 0.25) is 0 Å². The van der Waals surface area contributed by atoms with Crippen molar-refractivity contribution < 1.29 is 14.7 Å². The van der Waals surface area contributed by atoms with Crippen LogP contribution >= 0.6 is 11.8 Å². The van der Waals surface area contributed by atoms with Gasteiger partial charge in [0, 0.05) is 18.2 Å². The van der Waals surface area contributed by atoms with Gasteiger partial charge in [-0.25, -0.2) is 4.79 Å². The standard InChI is InChI=1S/C13H24N2O3S/c1-7(2)9(14)5-11(16)15-10(13(17)18)6-19-12(15)8(3)4/h7-10,12H,5-6,14H2,1-4H3,(H,17,18). The predicted octanol–water partition coefficient (Wildman–Crippen LogP) is 1.37. The van der Waals surface area contributed by atoms with Crippen LogP contribution in [-0.2, 0) is 9.59 Å². The highest BCUT2D eigenvalue weighted by Crippen LogP contribution is 2.34. The number of thioether (sulfide) groups is 1. The van der Waals surface area contributed by atoms with Gasteiger partial charge in [-0.15, -0.1) is 11.8 Å². The number of hydrogen-bond acceptors (Lipinski definition) is 4. The molecule has 1 heterocycles. The van der Waals surface area contributed by atoms with Crippen LogP contribution in [0, 0.1) is 11.8 Å². The smallest absolute Gasteiger partial charge is 0.327 e. The van der Waals surface area contributed by atoms with Crippen LogP contribution in [0.15, 0.2) is 0 Å². The number of carboxylic acid groups (broad SMARTS) is 1. The largest absolute Gasteiger partial charge is 0.480 e. The zero-order valence-electron chi connectivity index (χ0n) is 12.0. The van der Waals surface area contributed by atoms with E-state index in [1.54, 1.807) is 11.8 Å². The van der Waals surface area contributed by atoms with Crippen LogP contribution in [0.1, 0.15) is 34.1 Å². The van der Waals surface area contributed by atoms with Crippen molar-refractivity contribution in [2.45, 2.75) is 51.6 Å². The lowest BCUT2D eigenvalue weighted by Crippen LogP contribution is -2.49. The van der Waals surface area contributed by atoms with Crippen molar-refractivity contribution in [1.29, 1.82) is 0 Å². The Hall–Kier alpha value is -0.750. The molecule has 0 aromatic carbocycles. The summed E-state index contributed by atoms with van der Waals surface area (Å²) in [5.41, 5.74) is 5.93. The Morgan fingerprint density at radius 3 is 2.37 bits per heavy atom. The minimum atomic E-state index is -0.929. The maximum atomic E-state index is 12.4. The summed E-state index contributed by atoms with van der Waals surface area (Å²) >= 11 is 1.54. The van der Waals surface area contributed by atoms with Gasteiger partial charge >= 0.3 is 5.97 Å². The quantitative estimate of drug-likeness (QED) is 0.798. The Morgan fingerprint density at radius 1 is 1.37 bits per heavy atom. The number of carbonyl (C=O) groups is 2. The second-order valence-corrected chi connectivity index (χ2v) is 6.88. The number of carboxylic acids is 1. The number of carbonyl (C=O) groups excluding carboxylic acids is 1. The summed E-state index contributed by atoms with van der Waals surface area (Å²) in [4.78, 5) is 25.2. The molecule has 3 N–H and O–H groups in total. The Labute approximate surface area is 118 Å². The van der Waals surface area contributed by atoms with Crippen molar-refractivity contribution in [2.75, 3.05) is 5.75 Å². The summed E-state index contributed by atoms with van der Waals surface area (Å²) in [5, 5.41) is 9.17. The maximum Gasteiger partial charge on any atom is 0.327 e. The van der Waals surface area contributed by atoms with Gasteiger partial charge in [-0.3, -0.25) is 4.79 Å². The van der Waals surface area contributed by atoms with Gasteiger partial charge in [-0.1, -0.05) is 27.7 Å². The molecular formula is C13H24N2O3S. The fourth-order valence-electron chi connectivity index (χ4n) is 2.09. The number of hydrogen-bond donors (Lipinski definition) is 2. The normalized spacial score (nSPS) is 25.1. The van der Waals surface area contributed by atoms with Gasteiger partial charge < -0.3 is 15.7 Å². The molecule has 5 nitrogen and oxygen atoms in total. The number of nitrogens with two attached hydrogens (primary N) is 1. The minimum absolute atomic E-state index is 0.0621. The Kier molecular flexibility index (Phi) is 5.67. The molecule has 0 bridgehead atoms. The van der Waals surface area contributed by atoms with Gasteiger partial charge in [-0.05, 0) is 11.8 Å². The van der Waals surface area contributed by atoms with Gasteiger partial charge in [0.25, 0.3) is 0 Å². The van der Waals surface area contributed by atoms with Gasteiger partial charge in [-0.2, -0.15) is 0 Å². The molecule has 0 saturated carbocycles. The first-order chi connectivity index (χ1) is 8.75. The molecule has 3 unspecified atom stereocenters. The Morgan fingerprint density at radius 2 is 1.95 bits per heavy atom. The lowest BCUT2D eigenvalue weighted by atomic mass is 10.0. The molecule has 0 spiro atoms. The zero-order chi connectivity index (χ0) is 14.7. The second kappa shape index (κ2) is 6.61. The van der Waals surface area contributed by atoms with E-state index in [9.17, 15) is 14.7 Å². The predicted molar refractivity (Wildman–Crippen MR) is 76.8 cm³/mol. The zero-order valence-corrected chi connectivity index (χ0v) is 12.8. The molecule has 6 heteroatoms. The molecule has 0 aromatic rings. The summed E-state index contributed by atoms with van der Waals surface area (Å²) in [6, 6.07) is -0.940. The van der Waals surface area contributed by atoms with Crippen LogP contribution in [-0.4, -0.2) is 45.1 Å². The molecule has 3 atom stereocenters. The molecule has 19 heavy (non-hydrogen) atoms. The molecule has 1 aliphatic rings. The highest BCUT2D eigenvalue weighted by atomic mass is 32.2. The summed E-state index contributed by atoms with van der Waals surface area (Å²) in [6.45, 7) is 7.94. The van der Waals surface area contributed by atoms with Crippen LogP contribution < -0.4 is 5.73 Å². The van der Waals surface area contributed by atoms with E-state index < -0.39 is 12.0 Å². The molecule has 0 radical (unpaired) electrons. The molecule has 0 aromatic heterocycles. The molecule has 0 aliphatic carbocycles. The first-order valence-corrected chi connectivity index (χ1v) is 7.71. The molecule has 1 saturated heterocycles. The first-order valence-electron chi connectivity index (χ1n) is 6.66. The summed E-state index contributed by atoms with van der Waals surface area (Å²) < 4.78 is 0. The third-order valence-corrected chi connectivity index (χ3v) is 5.07. The van der Waals surface area contributed by atoms with Crippen molar-refractivity contribution in [2.24, 2.45) is 17.6 Å². The van der Waals surface area contributed by atoms with Crippen molar-refractivity contribution >= 4 is 23.6 Å². The van der Waals surface area contributed by atoms with E-state index in [1.807, 2.05) is 27.7 Å². The van der Waals surface area contributed by atoms with E-state index in [1.165, 1.54) is 4.90 Å². The van der Waals surface area contributed by atoms with E-state index in [0.717, 1.165) is 0 Å². The topological polar surface area (TPSA) is 83.6 Å². The van der Waals surface area contributed by atoms with Crippen LogP contribution in [0.5, 0.6) is 0 Å². The lowest BCUT2D eigenvalue weighted by molar-refractivity contribution is -0.149. The molecule has 1 amide bonds. The highest BCUT2D eigenvalue weighted by molar-refractivity contribution is 8.00. The third kappa shape index (κ3) is 3.86. The maximum absolute atomic E-state index is 12.4. The van der Waals surface area contributed by atoms with Crippen molar-refractivity contribution in [3.63, 3.8) is 0 Å². The first kappa shape index (κ1) is 16.3. The lowest BCUT2D eigenvalue weighted by Gasteiger charge is -2.31. The van der Waals surface area contributed by atoms with Crippen molar-refractivity contribution in [1.82, 2.24) is 4.90 Å². The number of aliphatic carboxylic acids is 1. The molecular weight excluding hydrogens is 264 g/mol. The van der Waals surface area contributed by atoms with Crippen LogP contribution in [0.25, 0.3) is 0 Å². The van der Waals surface area contributed by atoms with Gasteiger partial charge in [0.1, 0.15) is 6.04 Å². The average molecular weight is 288 g/mol. The third-order valence-electron chi connectivity index (χ3n) is 3.44. The summed E-state index contributed by atoms with van der Waals surface area (Å²) in [7, 11) is 0. The van der Waals surface area contributed by atoms with E-state index in [4.69, 9.17) is 5.73 Å². The number of nitrogens with zero attached hydrogens (tertiary/aromatic N) is 1. The molecule has 1 fully saturated rings. The van der Waals surface area contributed by atoms with E-state index in [0.29, 0.717) is 5.75 Å². The number of amides is 1. The fraction of sp³-hybridized carbons (Fsp3) is 0.846. The molecule has 1 rings (SSSR count). The van der Waals surface area contributed by atoms with Crippen molar-refractivity contribution in [3.8, 4) is 0 Å². The minimum Gasteiger partial charge on any atom is -0.480 e. The van der Waals surface area contributed by atoms with Crippen LogP contribution in [0.4, 0.5) is 0 Å². The highest BCUT2D eigenvalue weighted by Gasteiger charge is 2.42. The number of rotatable bonds is 5. The summed E-state index contributed by atoms with van der Waals surface area (Å²) in [5.74, 6) is -0.172. The van der Waals surface area contributed by atoms with Gasteiger partial charge in [0.15, 0.2) is 0 Å². The second-order valence-electron chi connectivity index (χ2n) is 5.73. The monoisotopic (exact) mass is 288 g/mol. The average Bonchev–Trinajstić information content (AvgIpc) is 2.72. The van der Waals surface area contributed by atoms with Crippen LogP contribution in [0.3, 0.4) is 0 Å². The molecule has 110 valence electrons. The van der Waals surface area contributed by atoms with E-state index in [-0.39, 0.29) is 35.6 Å². The Bertz CT molecular complexity index is 347. The SMILES string of the molecule is CC(C)C(N)CC(=O)N1C(C(=O)O)CSC1C(C)C. The molecule has 1 aliphatic heterocycles. The van der Waals surface area contributed by atoms with E-state index in [2.05, 4.69) is 0 Å². The van der Waals surface area contributed by atoms with Gasteiger partial charge in [0.05, 0.1) is 5.37 Å². The van der Waals surface area contributed by atoms with Gasteiger partial charge in [0.2, 0.25) is 5.91 Å². The van der Waals surface area contributed by atoms with Crippen molar-refractivity contribution in [3.05, 3.63) is 0 Å². The fourth-order valence-corrected chi connectivity index (χ4v) is 3.58. The summed E-state index contributed by atoms with van der Waals surface area (Å²) in [6.07, 6.45) is 0.214. The van der Waals surface area contributed by atoms with E-state index >= 15 is 0 Å².